The van der Waals surface area contributed by atoms with Crippen molar-refractivity contribution >= 4 is 111 Å². The average molecular weight is 2850 g/mol. The minimum Gasteiger partial charge on any atom is -0.668 e. The van der Waals surface area contributed by atoms with Gasteiger partial charge in [0.15, 0.2) is 23.1 Å². The predicted molar refractivity (Wildman–Crippen MR) is 585 cm³/mol. The van der Waals surface area contributed by atoms with Crippen molar-refractivity contribution in [2.24, 2.45) is 0 Å². The maximum atomic E-state index is 11.0. The first-order valence-electron chi connectivity index (χ1n) is 48.8. The summed E-state index contributed by atoms with van der Waals surface area (Å²) in [7, 11) is 6.24. The van der Waals surface area contributed by atoms with Gasteiger partial charge >= 0.3 is 21.1 Å². The molecule has 4 radical (unpaired) electrons. The number of fused-ring (bicyclic) bond motifs is 13. The van der Waals surface area contributed by atoms with E-state index in [4.69, 9.17) is 40.0 Å². The molecule has 0 spiro atoms. The average Bonchev–Trinajstić information content (AvgIpc) is 1.24. The molecular weight excluding hydrogens is 2730 g/mol. The van der Waals surface area contributed by atoms with Crippen LogP contribution in [0.3, 0.4) is 0 Å². The van der Waals surface area contributed by atoms with E-state index < -0.39 is 0 Å². The number of aromatic nitrogens is 9. The molecule has 766 valence electrons. The first kappa shape index (κ1) is 120. The Morgan fingerprint density at radius 3 is 1.16 bits per heavy atom. The van der Waals surface area contributed by atoms with Gasteiger partial charge in [-0.3, -0.25) is 34.1 Å². The number of ketones is 4. The number of carbonyl (C=O) groups is 4. The largest absolute Gasteiger partial charge is 2.00 e. The number of nitrogens with zero attached hydrogens (tertiary/aromatic N) is 9. The number of pyridine rings is 3. The zero-order chi connectivity index (χ0) is 101. The molecule has 21 heteroatoms. The van der Waals surface area contributed by atoms with Gasteiger partial charge in [-0.15, -0.1) is 165 Å². The summed E-state index contributed by atoms with van der Waals surface area (Å²) < 4.78 is 8.90. The van der Waals surface area contributed by atoms with Crippen molar-refractivity contribution in [1.82, 2.24) is 44.9 Å². The smallest absolute Gasteiger partial charge is 0.668 e. The van der Waals surface area contributed by atoms with Crippen LogP contribution in [-0.4, -0.2) is 63.1 Å². The molecule has 10 aromatic carbocycles. The molecule has 20 rings (SSSR count). The SMILES string of the molecule is CC(=O)C1=C(O)CCCC1=O.CCC1=C(CC)c2cc3[n-]c(cc4nc(cc5[n-]c(cc1n2)c(CC)c5CC)C(CC)=C4CC)c(CC)c3CC.[CH2-]OC(C)=CC(C)=O.[CH2-]OC(C)=CC(C)=O.[Ir].[Ir].[Ir].[Ir].[Pt+2].[c-]1ccc(-c2ccccc2)cc1-c1ccccn1.[c-]1ccccc1-c1nc2ccccc2c2ccccc12.[c-]1ccccc1-c1nc2ccccc2nc1-c1ccccc1.[c-]1ccccc1-c1nccc2ccccc12. The van der Waals surface area contributed by atoms with E-state index in [1.54, 1.807) is 20.0 Å². The number of hydrogen-bond donors (Lipinski definition) is 1. The molecule has 0 unspecified atom stereocenters. The van der Waals surface area contributed by atoms with Crippen LogP contribution in [-0.2, 0) is 156 Å². The first-order valence-corrected chi connectivity index (χ1v) is 48.8. The summed E-state index contributed by atoms with van der Waals surface area (Å²) in [4.78, 5) is 86.6. The summed E-state index contributed by atoms with van der Waals surface area (Å²) in [6.07, 6.45) is 15.5. The van der Waals surface area contributed by atoms with Gasteiger partial charge in [0.05, 0.1) is 62.1 Å². The second kappa shape index (κ2) is 60.4. The number of hydrogen-bond acceptors (Lipinski definition) is 14. The maximum absolute atomic E-state index is 11.0. The summed E-state index contributed by atoms with van der Waals surface area (Å²) in [5.74, 6) is 0.453. The maximum Gasteiger partial charge on any atom is 2.00 e. The van der Waals surface area contributed by atoms with E-state index in [9.17, 15) is 19.2 Å². The third kappa shape index (κ3) is 31.1. The number of Topliss-reactive ketones (excluding diaryl/α,β-unsaturated/α-hetero) is 2. The molecule has 3 aliphatic rings. The number of para-hydroxylation sites is 3. The van der Waals surface area contributed by atoms with E-state index in [1.807, 2.05) is 182 Å². The van der Waals surface area contributed by atoms with Crippen LogP contribution in [0.5, 0.6) is 0 Å². The molecule has 0 amide bonds. The van der Waals surface area contributed by atoms with Crippen molar-refractivity contribution in [3.63, 3.8) is 0 Å². The molecule has 148 heavy (non-hydrogen) atoms. The molecule has 9 heterocycles. The van der Waals surface area contributed by atoms with Gasteiger partial charge in [-0.05, 0) is 195 Å². The quantitative estimate of drug-likeness (QED) is 0.0261. The standard InChI is InChI=1S/C36H44N4.C20H13N2.C19H12N.C17H12N.C15H10N.C8H10O3.2C6H9O2.4Ir.Pt/c1-9-21-22(10-2)30-18-32-25(13-5)26(14-6)34(39-32)20-36-28(16-8)27(15-7)35(40-36)19-33-24(12-4)23(11-3)31(38-33)17-29(21)37-30;1-3-9-15(10-4-1)19-20(16-11-5-2-6-12-16)22-18-14-8-7-13-17(18)21-19;1-2-8-14(9-3-1)19-17-12-5-4-10-15(17)16-11-6-7-13-18(16)20-19;1-2-7-14(8-3-1)15-9-6-10-16(13-15)17-11-4-5-12-18-17;1-2-7-13(8-3-1)15-14-9-5-4-6-12(14)10-11-16-15;1-5(9)8-6(10)3-2-4-7(8)11;2*1-5(7)4-6(2)8-3;;;;;/h17-20H,9-16H2,1-8H3;1-11,13-14H;1-8,10-13H;1-9,11-13H;1-7,9-11H;10H,2-4H2,1H3;2*4H,3H2,1-2H3;;;;;/q-2;4*-1;;2*-1;;;;;+2. The molecule has 16 nitrogen and oxygen atoms in total. The van der Waals surface area contributed by atoms with Crippen LogP contribution >= 0.6 is 0 Å². The number of aryl methyl sites for hydroxylation is 4. The zero-order valence-electron chi connectivity index (χ0n) is 85.4. The molecule has 1 aliphatic carbocycles. The van der Waals surface area contributed by atoms with Crippen LogP contribution < -0.4 is 9.97 Å². The Morgan fingerprint density at radius 2 is 0.743 bits per heavy atom. The van der Waals surface area contributed by atoms with Gasteiger partial charge in [-0.25, -0.2) is 9.97 Å². The van der Waals surface area contributed by atoms with E-state index in [1.165, 1.54) is 116 Å². The van der Waals surface area contributed by atoms with Crippen LogP contribution in [0.15, 0.2) is 345 Å². The van der Waals surface area contributed by atoms with Crippen LogP contribution in [0.25, 0.3) is 155 Å². The van der Waals surface area contributed by atoms with Gasteiger partial charge in [-0.2, -0.15) is 14.2 Å². The fraction of sp³-hybridized carbons (Fsp3) is 0.189. The number of ether oxygens (including phenoxy) is 2. The normalized spacial score (nSPS) is 11.7. The van der Waals surface area contributed by atoms with Crippen molar-refractivity contribution in [3.8, 4) is 67.4 Å². The van der Waals surface area contributed by atoms with Crippen LogP contribution in [0.1, 0.15) is 180 Å². The number of carbonyl (C=O) groups excluding carboxylic acids is 4. The van der Waals surface area contributed by atoms with Crippen LogP contribution in [0, 0.1) is 38.5 Å². The summed E-state index contributed by atoms with van der Waals surface area (Å²) in [5.41, 5.74) is 34.2. The third-order valence-corrected chi connectivity index (χ3v) is 24.5. The molecule has 8 bridgehead atoms. The molecule has 0 fully saturated rings. The molecule has 2 aliphatic heterocycles. The Bertz CT molecular complexity index is 7300. The van der Waals surface area contributed by atoms with Crippen molar-refractivity contribution in [3.05, 3.63) is 428 Å². The number of rotatable bonds is 19. The van der Waals surface area contributed by atoms with Gasteiger partial charge in [-0.1, -0.05) is 254 Å². The second-order valence-corrected chi connectivity index (χ2v) is 34.0. The summed E-state index contributed by atoms with van der Waals surface area (Å²) in [6, 6.07) is 113. The van der Waals surface area contributed by atoms with Gasteiger partial charge in [0.25, 0.3) is 0 Å². The van der Waals surface area contributed by atoms with Crippen LogP contribution in [0.4, 0.5) is 0 Å². The summed E-state index contributed by atoms with van der Waals surface area (Å²) in [5, 5.41) is 15.1. The molecule has 17 aromatic rings. The van der Waals surface area contributed by atoms with E-state index in [0.717, 1.165) is 169 Å². The van der Waals surface area contributed by atoms with E-state index in [-0.39, 0.29) is 136 Å². The fourth-order valence-electron chi connectivity index (χ4n) is 17.8. The second-order valence-electron chi connectivity index (χ2n) is 34.0. The Morgan fingerprint density at radius 1 is 0.351 bits per heavy atom. The van der Waals surface area contributed by atoms with Gasteiger partial charge in [0.2, 0.25) is 0 Å². The predicted octanol–water partition coefficient (Wildman–Crippen LogP) is 30.5. The first-order chi connectivity index (χ1) is 69.6. The van der Waals surface area contributed by atoms with Crippen molar-refractivity contribution in [1.29, 1.82) is 0 Å². The molecule has 0 saturated carbocycles. The fourth-order valence-corrected chi connectivity index (χ4v) is 17.8. The van der Waals surface area contributed by atoms with E-state index in [0.29, 0.717) is 30.8 Å². The molecule has 0 saturated heterocycles. The van der Waals surface area contributed by atoms with Crippen molar-refractivity contribution < 1.29 is 135 Å². The Kier molecular flexibility index (Phi) is 49.1. The van der Waals surface area contributed by atoms with Gasteiger partial charge < -0.3 is 34.5 Å². The number of benzene rings is 10. The topological polar surface area (TPSA) is 225 Å². The van der Waals surface area contributed by atoms with Crippen molar-refractivity contribution in [2.75, 3.05) is 0 Å². The summed E-state index contributed by atoms with van der Waals surface area (Å²) in [6.45, 7) is 25.5. The van der Waals surface area contributed by atoms with E-state index in [2.05, 4.69) is 235 Å². The molecule has 1 N–H and O–H groups in total. The van der Waals surface area contributed by atoms with Gasteiger partial charge in [0, 0.05) is 129 Å². The van der Waals surface area contributed by atoms with Gasteiger partial charge in [0.1, 0.15) is 5.76 Å². The monoisotopic (exact) mass is 2850 g/mol. The minimum atomic E-state index is -0.327. The molecule has 7 aromatic heterocycles. The molecule has 0 atom stereocenters. The van der Waals surface area contributed by atoms with E-state index >= 15 is 0 Å². The van der Waals surface area contributed by atoms with Crippen LogP contribution in [0.2, 0.25) is 0 Å². The Labute approximate surface area is 938 Å². The Balaban J connectivity index is 0.000000216. The Hall–Kier alpha value is -13.0. The number of aliphatic hydroxyl groups is 1. The summed E-state index contributed by atoms with van der Waals surface area (Å²) >= 11 is 0. The number of aliphatic hydroxyl groups excluding tert-OH is 1. The van der Waals surface area contributed by atoms with Crippen molar-refractivity contribution in [2.45, 2.75) is 161 Å². The zero-order valence-corrected chi connectivity index (χ0v) is 97.2. The third-order valence-electron chi connectivity index (χ3n) is 24.5. The number of allylic oxidation sites excluding steroid dienone is 10. The minimum absolute atomic E-state index is 0. The molecular formula is C127H119Ir4N9O7Pt-6.